The first kappa shape index (κ1) is 24.5. The number of halogens is 6. The largest absolute Gasteiger partial charge is 0.466 e. The summed E-state index contributed by atoms with van der Waals surface area (Å²) in [6.45, 7) is 6.57. The van der Waals surface area contributed by atoms with E-state index >= 15 is 4.39 Å². The van der Waals surface area contributed by atoms with Crippen molar-refractivity contribution in [3.05, 3.63) is 57.7 Å². The molecule has 0 saturated carbocycles. The summed E-state index contributed by atoms with van der Waals surface area (Å²) in [6.07, 6.45) is -5.80. The Morgan fingerprint density at radius 2 is 1.60 bits per heavy atom. The predicted molar refractivity (Wildman–Crippen MR) is 112 cm³/mol. The molecule has 0 aliphatic carbocycles. The van der Waals surface area contributed by atoms with E-state index in [-0.39, 0.29) is 12.2 Å². The first-order chi connectivity index (χ1) is 13.7. The van der Waals surface area contributed by atoms with E-state index in [4.69, 9.17) is 10.5 Å². The number of hydrogen-bond donors (Lipinski definition) is 1. The minimum atomic E-state index is -5.09. The van der Waals surface area contributed by atoms with Gasteiger partial charge in [0.1, 0.15) is 15.2 Å². The monoisotopic (exact) mass is 541 g/mol. The van der Waals surface area contributed by atoms with E-state index in [2.05, 4.69) is 0 Å². The van der Waals surface area contributed by atoms with Crippen molar-refractivity contribution in [1.82, 2.24) is 0 Å². The Hall–Kier alpha value is -1.75. The fourth-order valence-corrected chi connectivity index (χ4v) is 4.29. The SMILES string of the molecule is CCOC(=O)C[C@](N)(I)c1c(F)c(-c2c(C)cc(C)cc2C)cc(C(F)(F)F)c1F. The zero-order chi connectivity index (χ0) is 23.0. The highest BCUT2D eigenvalue weighted by Gasteiger charge is 2.42. The molecule has 0 radical (unpaired) electrons. The minimum Gasteiger partial charge on any atom is -0.466 e. The highest BCUT2D eigenvalue weighted by molar-refractivity contribution is 14.1. The summed E-state index contributed by atoms with van der Waals surface area (Å²) in [6, 6.07) is 3.84. The van der Waals surface area contributed by atoms with Crippen molar-refractivity contribution >= 4 is 28.6 Å². The Morgan fingerprint density at radius 3 is 2.07 bits per heavy atom. The van der Waals surface area contributed by atoms with E-state index in [1.807, 2.05) is 0 Å². The zero-order valence-electron chi connectivity index (χ0n) is 16.8. The molecule has 0 aromatic heterocycles. The van der Waals surface area contributed by atoms with E-state index < -0.39 is 50.4 Å². The Bertz CT molecular complexity index is 963. The molecule has 0 heterocycles. The number of nitrogens with two attached hydrogens (primary N) is 1. The second-order valence-electron chi connectivity index (χ2n) is 7.09. The molecule has 2 aromatic carbocycles. The van der Waals surface area contributed by atoms with E-state index in [9.17, 15) is 22.4 Å². The van der Waals surface area contributed by atoms with Crippen LogP contribution in [0.4, 0.5) is 22.0 Å². The van der Waals surface area contributed by atoms with E-state index in [0.717, 1.165) is 5.56 Å². The summed E-state index contributed by atoms with van der Waals surface area (Å²) in [5, 5.41) is 0. The molecule has 9 heteroatoms. The fraction of sp³-hybridized carbons (Fsp3) is 0.381. The lowest BCUT2D eigenvalue weighted by atomic mass is 9.88. The van der Waals surface area contributed by atoms with Crippen LogP contribution in [0.3, 0.4) is 0 Å². The maximum absolute atomic E-state index is 15.5. The van der Waals surface area contributed by atoms with Crippen LogP contribution < -0.4 is 5.73 Å². The molecule has 2 aromatic rings. The normalized spacial score (nSPS) is 13.8. The summed E-state index contributed by atoms with van der Waals surface area (Å²) < 4.78 is 73.9. The Balaban J connectivity index is 2.88. The van der Waals surface area contributed by atoms with E-state index in [0.29, 0.717) is 17.2 Å². The van der Waals surface area contributed by atoms with Gasteiger partial charge in [0.05, 0.1) is 24.2 Å². The second-order valence-corrected chi connectivity index (χ2v) is 9.02. The van der Waals surface area contributed by atoms with Gasteiger partial charge in [0.15, 0.2) is 0 Å². The van der Waals surface area contributed by atoms with Gasteiger partial charge >= 0.3 is 12.1 Å². The number of rotatable bonds is 5. The topological polar surface area (TPSA) is 52.3 Å². The third kappa shape index (κ3) is 4.93. The predicted octanol–water partition coefficient (Wildman–Crippen LogP) is 6.08. The molecular weight excluding hydrogens is 520 g/mol. The van der Waals surface area contributed by atoms with E-state index in [1.54, 1.807) is 32.9 Å². The Labute approximate surface area is 184 Å². The molecule has 1 atom stereocenters. The number of esters is 1. The summed E-state index contributed by atoms with van der Waals surface area (Å²) >= 11 is 1.38. The van der Waals surface area contributed by atoms with Crippen molar-refractivity contribution < 1.29 is 31.5 Å². The van der Waals surface area contributed by atoms with Gasteiger partial charge < -0.3 is 10.5 Å². The van der Waals surface area contributed by atoms with Gasteiger partial charge in [-0.2, -0.15) is 13.2 Å². The van der Waals surface area contributed by atoms with Crippen molar-refractivity contribution in [3.8, 4) is 11.1 Å². The number of carbonyl (C=O) groups is 1. The smallest absolute Gasteiger partial charge is 0.419 e. The highest BCUT2D eigenvalue weighted by atomic mass is 127. The standard InChI is InChI=1S/C21H21F5INO2/c1-5-30-15(29)9-20(27,28)17-18(22)13(8-14(19(17)23)21(24,25)26)16-11(3)6-10(2)7-12(16)4/h6-8H,5,9,28H2,1-4H3/t20-/m1/s1. The van der Waals surface area contributed by atoms with Gasteiger partial charge in [-0.25, -0.2) is 8.78 Å². The molecule has 30 heavy (non-hydrogen) atoms. The van der Waals surface area contributed by atoms with Crippen LogP contribution in [0.5, 0.6) is 0 Å². The first-order valence-electron chi connectivity index (χ1n) is 9.02. The van der Waals surface area contributed by atoms with Gasteiger partial charge in [-0.1, -0.05) is 40.3 Å². The van der Waals surface area contributed by atoms with Crippen molar-refractivity contribution in [2.45, 2.75) is 43.8 Å². The number of benzene rings is 2. The minimum absolute atomic E-state index is 0.00782. The number of ether oxygens (including phenoxy) is 1. The molecule has 0 aliphatic heterocycles. The molecule has 0 aliphatic rings. The molecular formula is C21H21F5INO2. The second kappa shape index (κ2) is 8.78. The molecule has 2 N–H and O–H groups in total. The molecule has 0 unspecified atom stereocenters. The Kier molecular flexibility index (Phi) is 7.17. The number of hydrogen-bond acceptors (Lipinski definition) is 3. The molecule has 3 nitrogen and oxygen atoms in total. The van der Waals surface area contributed by atoms with Crippen molar-refractivity contribution in [3.63, 3.8) is 0 Å². The molecule has 0 fully saturated rings. The highest BCUT2D eigenvalue weighted by Crippen LogP contribution is 2.44. The third-order valence-corrected chi connectivity index (χ3v) is 5.50. The first-order valence-corrected chi connectivity index (χ1v) is 10.1. The maximum Gasteiger partial charge on any atom is 0.419 e. The van der Waals surface area contributed by atoms with Gasteiger partial charge in [0.2, 0.25) is 0 Å². The fourth-order valence-electron chi connectivity index (χ4n) is 3.51. The van der Waals surface area contributed by atoms with Crippen LogP contribution in [0.1, 0.15) is 41.2 Å². The molecule has 0 saturated heterocycles. The van der Waals surface area contributed by atoms with Crippen molar-refractivity contribution in [2.24, 2.45) is 5.73 Å². The molecule has 164 valence electrons. The molecule has 0 amide bonds. The molecule has 0 spiro atoms. The van der Waals surface area contributed by atoms with Crippen LogP contribution in [-0.2, 0) is 19.3 Å². The van der Waals surface area contributed by atoms with Crippen molar-refractivity contribution in [1.29, 1.82) is 0 Å². The number of carbonyl (C=O) groups excluding carboxylic acids is 1. The Morgan fingerprint density at radius 1 is 1.07 bits per heavy atom. The van der Waals surface area contributed by atoms with Crippen LogP contribution in [0.25, 0.3) is 11.1 Å². The van der Waals surface area contributed by atoms with E-state index in [1.165, 1.54) is 29.5 Å². The average Bonchev–Trinajstić information content (AvgIpc) is 2.54. The van der Waals surface area contributed by atoms with Crippen LogP contribution >= 0.6 is 22.6 Å². The number of aryl methyl sites for hydroxylation is 3. The number of alkyl halides is 4. The maximum atomic E-state index is 15.5. The zero-order valence-corrected chi connectivity index (χ0v) is 19.0. The van der Waals surface area contributed by atoms with Gasteiger partial charge in [-0.05, 0) is 50.5 Å². The van der Waals surface area contributed by atoms with Gasteiger partial charge in [-0.15, -0.1) is 0 Å². The summed E-state index contributed by atoms with van der Waals surface area (Å²) in [4.78, 5) is 11.9. The van der Waals surface area contributed by atoms with Gasteiger partial charge in [-0.3, -0.25) is 4.79 Å². The van der Waals surface area contributed by atoms with Crippen LogP contribution in [0, 0.1) is 32.4 Å². The summed E-state index contributed by atoms with van der Waals surface area (Å²) in [5.41, 5.74) is 4.99. The molecule has 2 rings (SSSR count). The lowest BCUT2D eigenvalue weighted by Crippen LogP contribution is -2.36. The van der Waals surface area contributed by atoms with Crippen molar-refractivity contribution in [2.75, 3.05) is 6.61 Å². The summed E-state index contributed by atoms with van der Waals surface area (Å²) in [5.74, 6) is -3.96. The van der Waals surface area contributed by atoms with Crippen LogP contribution in [-0.4, -0.2) is 12.6 Å². The lowest BCUT2D eigenvalue weighted by molar-refractivity contribution is -0.143. The van der Waals surface area contributed by atoms with Crippen LogP contribution in [0.2, 0.25) is 0 Å². The quantitative estimate of drug-likeness (QED) is 0.164. The summed E-state index contributed by atoms with van der Waals surface area (Å²) in [7, 11) is 0. The van der Waals surface area contributed by atoms with Gasteiger partial charge in [0, 0.05) is 5.56 Å². The molecule has 0 bridgehead atoms. The van der Waals surface area contributed by atoms with Gasteiger partial charge in [0.25, 0.3) is 0 Å². The van der Waals surface area contributed by atoms with Crippen LogP contribution in [0.15, 0.2) is 18.2 Å². The lowest BCUT2D eigenvalue weighted by Gasteiger charge is -2.27. The average molecular weight is 541 g/mol. The third-order valence-electron chi connectivity index (χ3n) is 4.57.